The van der Waals surface area contributed by atoms with Crippen LogP contribution in [-0.2, 0) is 0 Å². The number of hydrogen-bond donors (Lipinski definition) is 1. The lowest BCUT2D eigenvalue weighted by molar-refractivity contribution is 1.45. The first-order valence-corrected chi connectivity index (χ1v) is 3.50. The van der Waals surface area contributed by atoms with E-state index in [0.717, 1.165) is 0 Å². The Bertz CT molecular complexity index is 154. The summed E-state index contributed by atoms with van der Waals surface area (Å²) >= 11 is 14.9. The summed E-state index contributed by atoms with van der Waals surface area (Å²) in [7, 11) is 0. The summed E-state index contributed by atoms with van der Waals surface area (Å²) in [5.41, 5.74) is 0. The van der Waals surface area contributed by atoms with Gasteiger partial charge in [0.15, 0.2) is 0 Å². The topological polar surface area (TPSA) is 12.4 Å². The predicted octanol–water partition coefficient (Wildman–Crippen LogP) is 3.00. The molecule has 0 aromatic heterocycles. The van der Waals surface area contributed by atoms with Crippen molar-refractivity contribution in [3.05, 3.63) is 10.1 Å². The highest BCUT2D eigenvalue weighted by Crippen LogP contribution is 2.13. The number of hydrogen-bond acceptors (Lipinski definition) is 2. The van der Waals surface area contributed by atoms with Crippen LogP contribution < -0.4 is 0 Å². The minimum absolute atomic E-state index is 0.339. The molecular weight excluding hydrogens is 177 g/mol. The van der Waals surface area contributed by atoms with E-state index in [1.54, 1.807) is 13.8 Å². The molecule has 0 aliphatic rings. The zero-order valence-electron chi connectivity index (χ0n) is 5.15. The van der Waals surface area contributed by atoms with E-state index in [9.17, 15) is 0 Å². The summed E-state index contributed by atoms with van der Waals surface area (Å²) in [6.45, 7) is 3.40. The van der Waals surface area contributed by atoms with Gasteiger partial charge in [0.2, 0.25) is 0 Å². The van der Waals surface area contributed by atoms with Crippen LogP contribution in [0.2, 0.25) is 0 Å². The molecule has 0 radical (unpaired) electrons. The van der Waals surface area contributed by atoms with Crippen molar-refractivity contribution in [3.63, 3.8) is 0 Å². The van der Waals surface area contributed by atoms with Crippen molar-refractivity contribution < 1.29 is 0 Å². The molecule has 9 heavy (non-hydrogen) atoms. The second kappa shape index (κ2) is 4.20. The normalized spacial score (nSPS) is 15.4. The van der Waals surface area contributed by atoms with Gasteiger partial charge in [-0.1, -0.05) is 23.2 Å². The van der Waals surface area contributed by atoms with Gasteiger partial charge in [0, 0.05) is 4.91 Å². The Balaban J connectivity index is 4.25. The van der Waals surface area contributed by atoms with E-state index in [4.69, 9.17) is 23.2 Å². The molecule has 0 aromatic rings. The maximum absolute atomic E-state index is 5.54. The van der Waals surface area contributed by atoms with Gasteiger partial charge >= 0.3 is 0 Å². The molecule has 0 saturated heterocycles. The molecule has 0 fully saturated rings. The van der Waals surface area contributed by atoms with Crippen molar-refractivity contribution in [2.24, 2.45) is 4.99 Å². The fraction of sp³-hybridized carbons (Fsp3) is 0.400. The van der Waals surface area contributed by atoms with Crippen LogP contribution in [0.5, 0.6) is 0 Å². The molecule has 52 valence electrons. The third-order valence-corrected chi connectivity index (χ3v) is 1.35. The summed E-state index contributed by atoms with van der Waals surface area (Å²) in [5, 5.41) is 0.749. The summed E-state index contributed by atoms with van der Waals surface area (Å²) in [6.07, 6.45) is 0. The number of aliphatic imine (C=N–C) groups is 1. The van der Waals surface area contributed by atoms with Crippen LogP contribution >= 0.6 is 35.8 Å². The zero-order chi connectivity index (χ0) is 7.44. The average Bonchev–Trinajstić information content (AvgIpc) is 1.63. The fourth-order valence-corrected chi connectivity index (χ4v) is 0.521. The molecule has 1 nitrogen and oxygen atoms in total. The zero-order valence-corrected chi connectivity index (χ0v) is 7.56. The summed E-state index contributed by atoms with van der Waals surface area (Å²) in [6, 6.07) is 0. The van der Waals surface area contributed by atoms with E-state index in [2.05, 4.69) is 17.6 Å². The van der Waals surface area contributed by atoms with Gasteiger partial charge in [0.05, 0.1) is 0 Å². The van der Waals surface area contributed by atoms with Gasteiger partial charge in [-0.25, -0.2) is 4.99 Å². The van der Waals surface area contributed by atoms with E-state index >= 15 is 0 Å². The molecule has 0 rings (SSSR count). The fourth-order valence-electron chi connectivity index (χ4n) is 0.216. The van der Waals surface area contributed by atoms with Crippen LogP contribution in [-0.4, -0.2) is 5.17 Å². The van der Waals surface area contributed by atoms with Gasteiger partial charge in [-0.2, -0.15) is 0 Å². The molecule has 0 heterocycles. The first kappa shape index (κ1) is 9.34. The quantitative estimate of drug-likeness (QED) is 0.365. The van der Waals surface area contributed by atoms with E-state index in [1.807, 2.05) is 0 Å². The lowest BCUT2D eigenvalue weighted by Gasteiger charge is -1.90. The van der Waals surface area contributed by atoms with Crippen molar-refractivity contribution in [1.82, 2.24) is 0 Å². The highest BCUT2D eigenvalue weighted by atomic mass is 35.5. The van der Waals surface area contributed by atoms with Crippen molar-refractivity contribution in [2.75, 3.05) is 0 Å². The molecule has 0 aliphatic carbocycles. The standard InChI is InChI=1S/C5H7Cl2NS/c1-3(9)5(7)8-4(2)6/h9H,1-2H3/b5-3-,8-4?. The van der Waals surface area contributed by atoms with Crippen molar-refractivity contribution in [2.45, 2.75) is 13.8 Å². The number of thiol groups is 1. The monoisotopic (exact) mass is 183 g/mol. The summed E-state index contributed by atoms with van der Waals surface area (Å²) in [5.74, 6) is 0. The van der Waals surface area contributed by atoms with Crippen LogP contribution in [0.15, 0.2) is 15.1 Å². The third kappa shape index (κ3) is 4.82. The van der Waals surface area contributed by atoms with Crippen LogP contribution in [0.4, 0.5) is 0 Å². The molecule has 0 N–H and O–H groups in total. The number of rotatable bonds is 1. The van der Waals surface area contributed by atoms with Gasteiger partial charge in [0.25, 0.3) is 0 Å². The molecule has 0 spiro atoms. The molecule has 4 heteroatoms. The Hall–Kier alpha value is 0.340. The highest BCUT2D eigenvalue weighted by molar-refractivity contribution is 7.84. The minimum Gasteiger partial charge on any atom is -0.228 e. The molecule has 0 aromatic carbocycles. The summed E-state index contributed by atoms with van der Waals surface area (Å²) in [4.78, 5) is 4.39. The summed E-state index contributed by atoms with van der Waals surface area (Å²) < 4.78 is 0. The largest absolute Gasteiger partial charge is 0.228 e. The van der Waals surface area contributed by atoms with Crippen molar-refractivity contribution in [3.8, 4) is 0 Å². The highest BCUT2D eigenvalue weighted by Gasteiger charge is 1.90. The minimum atomic E-state index is 0.339. The van der Waals surface area contributed by atoms with Gasteiger partial charge in [-0.3, -0.25) is 0 Å². The second-order valence-corrected chi connectivity index (χ2v) is 3.06. The van der Waals surface area contributed by atoms with Gasteiger partial charge in [0.1, 0.15) is 10.3 Å². The Morgan fingerprint density at radius 1 is 1.33 bits per heavy atom. The maximum Gasteiger partial charge on any atom is 0.139 e. The molecule has 0 aliphatic heterocycles. The Kier molecular flexibility index (Phi) is 4.36. The Morgan fingerprint density at radius 3 is 1.89 bits per heavy atom. The van der Waals surface area contributed by atoms with Gasteiger partial charge in [-0.05, 0) is 13.8 Å². The predicted molar refractivity (Wildman–Crippen MR) is 46.5 cm³/mol. The van der Waals surface area contributed by atoms with Crippen LogP contribution in [0.3, 0.4) is 0 Å². The Labute approximate surface area is 70.2 Å². The molecule has 0 saturated carbocycles. The Morgan fingerprint density at radius 2 is 1.78 bits per heavy atom. The first-order valence-electron chi connectivity index (χ1n) is 2.30. The van der Waals surface area contributed by atoms with Gasteiger partial charge < -0.3 is 0 Å². The van der Waals surface area contributed by atoms with Crippen molar-refractivity contribution in [1.29, 1.82) is 0 Å². The molecule has 0 amide bonds. The average molecular weight is 184 g/mol. The van der Waals surface area contributed by atoms with E-state index < -0.39 is 0 Å². The molecular formula is C5H7Cl2NS. The third-order valence-electron chi connectivity index (χ3n) is 0.551. The van der Waals surface area contributed by atoms with Crippen LogP contribution in [0, 0.1) is 0 Å². The number of halogens is 2. The van der Waals surface area contributed by atoms with Crippen molar-refractivity contribution >= 4 is 41.0 Å². The lowest BCUT2D eigenvalue weighted by Crippen LogP contribution is -1.75. The lowest BCUT2D eigenvalue weighted by atomic mass is 10.7. The maximum atomic E-state index is 5.54. The van der Waals surface area contributed by atoms with E-state index in [-0.39, 0.29) is 0 Å². The molecule has 0 atom stereocenters. The molecule has 0 bridgehead atoms. The smallest absolute Gasteiger partial charge is 0.139 e. The van der Waals surface area contributed by atoms with Crippen LogP contribution in [0.1, 0.15) is 13.8 Å². The van der Waals surface area contributed by atoms with E-state index in [1.165, 1.54) is 0 Å². The SMILES string of the molecule is CC(Cl)=N/C(Cl)=C(/C)S. The first-order chi connectivity index (χ1) is 4.04. The number of allylic oxidation sites excluding steroid dienone is 1. The number of nitrogens with zero attached hydrogens (tertiary/aromatic N) is 1. The van der Waals surface area contributed by atoms with E-state index in [0.29, 0.717) is 15.2 Å². The second-order valence-electron chi connectivity index (χ2n) is 1.49. The molecule has 0 unspecified atom stereocenters. The van der Waals surface area contributed by atoms with Crippen LogP contribution in [0.25, 0.3) is 0 Å². The van der Waals surface area contributed by atoms with Gasteiger partial charge in [-0.15, -0.1) is 12.6 Å².